The summed E-state index contributed by atoms with van der Waals surface area (Å²) in [5.41, 5.74) is 7.95. The number of benzene rings is 1. The molecule has 0 spiro atoms. The highest BCUT2D eigenvalue weighted by Gasteiger charge is 2.31. The summed E-state index contributed by atoms with van der Waals surface area (Å²) in [5.74, 6) is -0.349. The Morgan fingerprint density at radius 2 is 2.00 bits per heavy atom. The third kappa shape index (κ3) is 1.89. The number of carbonyl (C=O) groups excluding carboxylic acids is 2. The smallest absolute Gasteiger partial charge is 0.254 e. The monoisotopic (exact) mass is 203 g/mol. The Morgan fingerprint density at radius 3 is 2.53 bits per heavy atom. The van der Waals surface area contributed by atoms with Crippen LogP contribution >= 0.6 is 0 Å². The van der Waals surface area contributed by atoms with Crippen LogP contribution in [0.5, 0.6) is 0 Å². The van der Waals surface area contributed by atoms with Gasteiger partial charge in [0.1, 0.15) is 0 Å². The first kappa shape index (κ1) is 9.86. The normalized spacial score (nSPS) is 20.7. The standard InChI is InChI=1S/C11H11N2O2/c12-9-6-13(7-10(9)14)11(15)8-4-2-1-3-5-8/h1-5,9,12H,6-7H2. The number of ketones is 1. The summed E-state index contributed by atoms with van der Waals surface area (Å²) < 4.78 is 0. The van der Waals surface area contributed by atoms with Crippen molar-refractivity contribution in [2.75, 3.05) is 13.1 Å². The molecule has 4 nitrogen and oxygen atoms in total. The second-order valence-electron chi connectivity index (χ2n) is 3.57. The van der Waals surface area contributed by atoms with E-state index in [0.29, 0.717) is 5.56 Å². The van der Waals surface area contributed by atoms with Crippen molar-refractivity contribution in [1.29, 1.82) is 0 Å². The van der Waals surface area contributed by atoms with Crippen LogP contribution in [0.1, 0.15) is 10.4 Å². The average Bonchev–Trinajstić information content (AvgIpc) is 2.59. The van der Waals surface area contributed by atoms with Gasteiger partial charge in [-0.15, -0.1) is 0 Å². The largest absolute Gasteiger partial charge is 0.329 e. The van der Waals surface area contributed by atoms with Crippen molar-refractivity contribution in [1.82, 2.24) is 10.6 Å². The molecule has 0 aromatic heterocycles. The topological polar surface area (TPSA) is 61.2 Å². The lowest BCUT2D eigenvalue weighted by Crippen LogP contribution is -2.29. The maximum atomic E-state index is 11.8. The first-order valence-corrected chi connectivity index (χ1v) is 4.76. The number of hydrogen-bond acceptors (Lipinski definition) is 2. The molecule has 1 amide bonds. The number of amides is 1. The summed E-state index contributed by atoms with van der Waals surface area (Å²) in [6.07, 6.45) is 0. The third-order valence-electron chi connectivity index (χ3n) is 2.45. The van der Waals surface area contributed by atoms with Crippen LogP contribution < -0.4 is 5.73 Å². The molecule has 1 aromatic rings. The highest BCUT2D eigenvalue weighted by Crippen LogP contribution is 2.10. The van der Waals surface area contributed by atoms with E-state index in [9.17, 15) is 9.59 Å². The molecule has 1 radical (unpaired) electrons. The Labute approximate surface area is 87.7 Å². The van der Waals surface area contributed by atoms with E-state index in [0.717, 1.165) is 0 Å². The van der Waals surface area contributed by atoms with Gasteiger partial charge in [-0.05, 0) is 12.1 Å². The van der Waals surface area contributed by atoms with Crippen molar-refractivity contribution in [2.45, 2.75) is 6.04 Å². The Hall–Kier alpha value is -1.68. The van der Waals surface area contributed by atoms with Crippen molar-refractivity contribution >= 4 is 11.7 Å². The fourth-order valence-electron chi connectivity index (χ4n) is 1.60. The van der Waals surface area contributed by atoms with Gasteiger partial charge in [0.05, 0.1) is 12.6 Å². The van der Waals surface area contributed by atoms with Gasteiger partial charge in [0.15, 0.2) is 5.78 Å². The number of carbonyl (C=O) groups is 2. The predicted octanol–water partition coefficient (Wildman–Crippen LogP) is 0.363. The molecule has 77 valence electrons. The van der Waals surface area contributed by atoms with Crippen molar-refractivity contribution in [3.05, 3.63) is 35.9 Å². The predicted molar refractivity (Wildman–Crippen MR) is 54.2 cm³/mol. The van der Waals surface area contributed by atoms with Gasteiger partial charge in [-0.25, -0.2) is 5.73 Å². The molecule has 0 aliphatic carbocycles. The number of hydrogen-bond donors (Lipinski definition) is 0. The molecule has 2 rings (SSSR count). The molecule has 1 saturated heterocycles. The first-order valence-electron chi connectivity index (χ1n) is 4.76. The second-order valence-corrected chi connectivity index (χ2v) is 3.57. The summed E-state index contributed by atoms with van der Waals surface area (Å²) in [7, 11) is 0. The van der Waals surface area contributed by atoms with Crippen molar-refractivity contribution in [3.63, 3.8) is 0 Å². The van der Waals surface area contributed by atoms with Gasteiger partial charge in [-0.2, -0.15) is 0 Å². The van der Waals surface area contributed by atoms with Gasteiger partial charge >= 0.3 is 0 Å². The van der Waals surface area contributed by atoms with E-state index >= 15 is 0 Å². The fraction of sp³-hybridized carbons (Fsp3) is 0.273. The van der Waals surface area contributed by atoms with Gasteiger partial charge in [0.25, 0.3) is 5.91 Å². The van der Waals surface area contributed by atoms with E-state index in [-0.39, 0.29) is 24.8 Å². The molecule has 1 fully saturated rings. The molecule has 0 bridgehead atoms. The maximum absolute atomic E-state index is 11.8. The molecular weight excluding hydrogens is 192 g/mol. The molecule has 1 aliphatic rings. The second kappa shape index (κ2) is 3.82. The van der Waals surface area contributed by atoms with Crippen molar-refractivity contribution in [3.8, 4) is 0 Å². The lowest BCUT2D eigenvalue weighted by molar-refractivity contribution is -0.117. The maximum Gasteiger partial charge on any atom is 0.254 e. The average molecular weight is 203 g/mol. The lowest BCUT2D eigenvalue weighted by Gasteiger charge is -2.14. The van der Waals surface area contributed by atoms with E-state index in [1.54, 1.807) is 24.3 Å². The Morgan fingerprint density at radius 1 is 1.33 bits per heavy atom. The number of Topliss-reactive ketones (excluding diaryl/α,β-unsaturated/α-hetero) is 1. The van der Waals surface area contributed by atoms with E-state index < -0.39 is 6.04 Å². The van der Waals surface area contributed by atoms with E-state index in [2.05, 4.69) is 0 Å². The van der Waals surface area contributed by atoms with Gasteiger partial charge < -0.3 is 4.90 Å². The summed E-state index contributed by atoms with van der Waals surface area (Å²) in [6.45, 7) is 0.286. The molecule has 1 atom stereocenters. The Balaban J connectivity index is 2.14. The highest BCUT2D eigenvalue weighted by atomic mass is 16.2. The lowest BCUT2D eigenvalue weighted by atomic mass is 10.2. The number of nitrogens with one attached hydrogen (secondary N) is 1. The minimum atomic E-state index is -0.766. The van der Waals surface area contributed by atoms with E-state index in [1.165, 1.54) is 4.90 Å². The number of nitrogens with zero attached hydrogens (tertiary/aromatic N) is 1. The van der Waals surface area contributed by atoms with Gasteiger partial charge in [0.2, 0.25) is 0 Å². The van der Waals surface area contributed by atoms with E-state index in [4.69, 9.17) is 5.73 Å². The highest BCUT2D eigenvalue weighted by molar-refractivity contribution is 6.00. The quantitative estimate of drug-likeness (QED) is 0.661. The summed E-state index contributed by atoms with van der Waals surface area (Å²) >= 11 is 0. The van der Waals surface area contributed by atoms with Crippen LogP contribution in [0.2, 0.25) is 0 Å². The van der Waals surface area contributed by atoms with Crippen LogP contribution in [0.15, 0.2) is 30.3 Å². The number of rotatable bonds is 1. The van der Waals surface area contributed by atoms with Crippen LogP contribution in [0.25, 0.3) is 0 Å². The van der Waals surface area contributed by atoms with Crippen molar-refractivity contribution in [2.24, 2.45) is 0 Å². The van der Waals surface area contributed by atoms with Gasteiger partial charge in [-0.3, -0.25) is 9.59 Å². The van der Waals surface area contributed by atoms with Crippen LogP contribution in [0.3, 0.4) is 0 Å². The molecule has 4 heteroatoms. The van der Waals surface area contributed by atoms with Gasteiger partial charge in [-0.1, -0.05) is 18.2 Å². The number of likely N-dealkylation sites (tertiary alicyclic amines) is 1. The molecule has 1 aromatic carbocycles. The Bertz CT molecular complexity index is 389. The zero-order valence-corrected chi connectivity index (χ0v) is 8.14. The fourth-order valence-corrected chi connectivity index (χ4v) is 1.60. The zero-order chi connectivity index (χ0) is 10.8. The van der Waals surface area contributed by atoms with Crippen LogP contribution in [-0.2, 0) is 4.79 Å². The van der Waals surface area contributed by atoms with Crippen LogP contribution in [0.4, 0.5) is 0 Å². The molecule has 0 saturated carbocycles. The zero-order valence-electron chi connectivity index (χ0n) is 8.14. The summed E-state index contributed by atoms with van der Waals surface area (Å²) in [5, 5.41) is 0. The van der Waals surface area contributed by atoms with Gasteiger partial charge in [0, 0.05) is 12.1 Å². The summed E-state index contributed by atoms with van der Waals surface area (Å²) in [4.78, 5) is 24.4. The van der Waals surface area contributed by atoms with E-state index in [1.807, 2.05) is 6.07 Å². The molecule has 1 unspecified atom stereocenters. The van der Waals surface area contributed by atoms with Crippen LogP contribution in [0, 0.1) is 0 Å². The molecule has 1 aliphatic heterocycles. The van der Waals surface area contributed by atoms with Crippen molar-refractivity contribution < 1.29 is 9.59 Å². The molecule has 1 heterocycles. The SMILES string of the molecule is [NH]C1CN(C(=O)c2ccccc2)CC1=O. The minimum absolute atomic E-state index is 0.0713. The first-order chi connectivity index (χ1) is 7.18. The Kier molecular flexibility index (Phi) is 2.51. The molecule has 15 heavy (non-hydrogen) atoms. The minimum Gasteiger partial charge on any atom is -0.329 e. The third-order valence-corrected chi connectivity index (χ3v) is 2.45. The molecule has 1 N–H and O–H groups in total. The summed E-state index contributed by atoms with van der Waals surface area (Å²) in [6, 6.07) is 8.05. The van der Waals surface area contributed by atoms with Crippen LogP contribution in [-0.4, -0.2) is 35.7 Å². The molecular formula is C11H11N2O2.